The quantitative estimate of drug-likeness (QED) is 0.820. The van der Waals surface area contributed by atoms with Gasteiger partial charge in [-0.25, -0.2) is 4.98 Å². The molecule has 1 aromatic rings. The number of nitrogens with zero attached hydrogens (tertiary/aromatic N) is 5. The van der Waals surface area contributed by atoms with Crippen molar-refractivity contribution in [1.82, 2.24) is 14.9 Å². The summed E-state index contributed by atoms with van der Waals surface area (Å²) in [5.41, 5.74) is 0. The van der Waals surface area contributed by atoms with Crippen molar-refractivity contribution >= 4 is 30.3 Å². The summed E-state index contributed by atoms with van der Waals surface area (Å²) in [4.78, 5) is 26.5. The van der Waals surface area contributed by atoms with Gasteiger partial charge in [-0.2, -0.15) is 17.6 Å². The molecule has 0 saturated carbocycles. The van der Waals surface area contributed by atoms with Gasteiger partial charge in [-0.1, -0.05) is 0 Å². The lowest BCUT2D eigenvalue weighted by molar-refractivity contribution is -0.131. The van der Waals surface area contributed by atoms with Crippen LogP contribution in [-0.4, -0.2) is 66.8 Å². The molecular formula is C13H21N5OS. The molecule has 1 aromatic heterocycles. The third kappa shape index (κ3) is 3.53. The minimum absolute atomic E-state index is 0.191. The first-order valence-electron chi connectivity index (χ1n) is 6.76. The molecule has 1 saturated heterocycles. The molecule has 1 aliphatic rings. The Morgan fingerprint density at radius 3 is 2.65 bits per heavy atom. The summed E-state index contributed by atoms with van der Waals surface area (Å²) in [7, 11) is 3.85. The molecule has 0 atom stereocenters. The van der Waals surface area contributed by atoms with E-state index in [-0.39, 0.29) is 5.91 Å². The molecule has 7 heteroatoms. The van der Waals surface area contributed by atoms with Crippen LogP contribution in [0.2, 0.25) is 0 Å². The minimum atomic E-state index is 0.191. The molecule has 20 heavy (non-hydrogen) atoms. The van der Waals surface area contributed by atoms with Gasteiger partial charge in [0.15, 0.2) is 0 Å². The van der Waals surface area contributed by atoms with Gasteiger partial charge >= 0.3 is 0 Å². The Morgan fingerprint density at radius 2 is 2.05 bits per heavy atom. The van der Waals surface area contributed by atoms with Gasteiger partial charge in [0.05, 0.1) is 0 Å². The highest BCUT2D eigenvalue weighted by Gasteiger charge is 2.21. The summed E-state index contributed by atoms with van der Waals surface area (Å²) < 4.78 is 0. The Balaban J connectivity index is 1.97. The third-order valence-electron chi connectivity index (χ3n) is 3.31. The fraction of sp³-hybridized carbons (Fsp3) is 0.615. The summed E-state index contributed by atoms with van der Waals surface area (Å²) in [6, 6.07) is 1.91. The minimum Gasteiger partial charge on any atom is -0.353 e. The summed E-state index contributed by atoms with van der Waals surface area (Å²) in [6.45, 7) is 3.10. The van der Waals surface area contributed by atoms with E-state index in [4.69, 9.17) is 0 Å². The van der Waals surface area contributed by atoms with Crippen LogP contribution in [0.4, 0.5) is 11.8 Å². The average molecular weight is 295 g/mol. The van der Waals surface area contributed by atoms with Crippen molar-refractivity contribution in [1.29, 1.82) is 0 Å². The standard InChI is InChI=1S/C13H21N5OS/c1-16(2)13-14-5-3-11(15-13)17-6-8-18(9-7-17)12(19)4-10-20/h3,5,20H,4,6-10H2,1-2H3. The molecular weight excluding hydrogens is 274 g/mol. The maximum Gasteiger partial charge on any atom is 0.226 e. The molecule has 0 aromatic carbocycles. The lowest BCUT2D eigenvalue weighted by Crippen LogP contribution is -2.49. The van der Waals surface area contributed by atoms with Gasteiger partial charge in [-0.05, 0) is 11.8 Å². The summed E-state index contributed by atoms with van der Waals surface area (Å²) in [6.07, 6.45) is 2.29. The van der Waals surface area contributed by atoms with E-state index in [0.717, 1.165) is 32.0 Å². The molecule has 0 spiro atoms. The van der Waals surface area contributed by atoms with Crippen LogP contribution in [0.3, 0.4) is 0 Å². The zero-order chi connectivity index (χ0) is 14.5. The van der Waals surface area contributed by atoms with E-state index in [1.165, 1.54) is 0 Å². The van der Waals surface area contributed by atoms with E-state index in [9.17, 15) is 4.79 Å². The molecule has 6 nitrogen and oxygen atoms in total. The SMILES string of the molecule is CN(C)c1nccc(N2CCN(C(=O)CCS)CC2)n1. The first kappa shape index (κ1) is 14.9. The second kappa shape index (κ2) is 6.78. The van der Waals surface area contributed by atoms with Crippen molar-refractivity contribution in [3.8, 4) is 0 Å². The molecule has 1 fully saturated rings. The molecule has 1 aliphatic heterocycles. The molecule has 2 heterocycles. The number of anilines is 2. The van der Waals surface area contributed by atoms with E-state index in [1.807, 2.05) is 30.0 Å². The Kier molecular flexibility index (Phi) is 5.05. The summed E-state index contributed by atoms with van der Waals surface area (Å²) in [5.74, 6) is 2.43. The van der Waals surface area contributed by atoms with E-state index in [1.54, 1.807) is 6.20 Å². The number of amides is 1. The van der Waals surface area contributed by atoms with Crippen LogP contribution in [0.5, 0.6) is 0 Å². The lowest BCUT2D eigenvalue weighted by atomic mass is 10.3. The number of rotatable bonds is 4. The van der Waals surface area contributed by atoms with E-state index in [2.05, 4.69) is 27.5 Å². The van der Waals surface area contributed by atoms with Crippen LogP contribution >= 0.6 is 12.6 Å². The van der Waals surface area contributed by atoms with Crippen LogP contribution in [0.1, 0.15) is 6.42 Å². The monoisotopic (exact) mass is 295 g/mol. The van der Waals surface area contributed by atoms with Gasteiger partial charge in [0, 0.05) is 52.9 Å². The van der Waals surface area contributed by atoms with Crippen molar-refractivity contribution in [3.05, 3.63) is 12.3 Å². The topological polar surface area (TPSA) is 52.6 Å². The largest absolute Gasteiger partial charge is 0.353 e. The van der Waals surface area contributed by atoms with Crippen molar-refractivity contribution in [2.24, 2.45) is 0 Å². The highest BCUT2D eigenvalue weighted by Crippen LogP contribution is 2.16. The van der Waals surface area contributed by atoms with E-state index < -0.39 is 0 Å². The van der Waals surface area contributed by atoms with Gasteiger partial charge in [-0.15, -0.1) is 0 Å². The predicted molar refractivity (Wildman–Crippen MR) is 83.6 cm³/mol. The van der Waals surface area contributed by atoms with Gasteiger partial charge < -0.3 is 14.7 Å². The van der Waals surface area contributed by atoms with Gasteiger partial charge in [0.2, 0.25) is 11.9 Å². The highest BCUT2D eigenvalue weighted by atomic mass is 32.1. The number of hydrogen-bond acceptors (Lipinski definition) is 6. The normalized spacial score (nSPS) is 15.3. The van der Waals surface area contributed by atoms with Crippen LogP contribution in [0, 0.1) is 0 Å². The second-order valence-corrected chi connectivity index (χ2v) is 5.40. The molecule has 0 bridgehead atoms. The summed E-state index contributed by atoms with van der Waals surface area (Å²) in [5, 5.41) is 0. The van der Waals surface area contributed by atoms with E-state index in [0.29, 0.717) is 18.1 Å². The van der Waals surface area contributed by atoms with Crippen LogP contribution in [-0.2, 0) is 4.79 Å². The molecule has 0 unspecified atom stereocenters. The Hall–Kier alpha value is -1.50. The Labute approximate surface area is 125 Å². The Bertz CT molecular complexity index is 460. The number of carbonyl (C=O) groups is 1. The number of thiol groups is 1. The van der Waals surface area contributed by atoms with Gasteiger partial charge in [0.1, 0.15) is 5.82 Å². The van der Waals surface area contributed by atoms with Crippen LogP contribution in [0.15, 0.2) is 12.3 Å². The molecule has 0 aliphatic carbocycles. The maximum atomic E-state index is 11.8. The average Bonchev–Trinajstić information content (AvgIpc) is 2.48. The summed E-state index contributed by atoms with van der Waals surface area (Å²) >= 11 is 4.11. The lowest BCUT2D eigenvalue weighted by Gasteiger charge is -2.35. The van der Waals surface area contributed by atoms with Crippen LogP contribution in [0.25, 0.3) is 0 Å². The highest BCUT2D eigenvalue weighted by molar-refractivity contribution is 7.80. The van der Waals surface area contributed by atoms with Crippen molar-refractivity contribution < 1.29 is 4.79 Å². The number of aromatic nitrogens is 2. The first-order chi connectivity index (χ1) is 9.61. The van der Waals surface area contributed by atoms with E-state index >= 15 is 0 Å². The first-order valence-corrected chi connectivity index (χ1v) is 7.39. The zero-order valence-electron chi connectivity index (χ0n) is 12.0. The number of carbonyl (C=O) groups excluding carboxylic acids is 1. The molecule has 0 radical (unpaired) electrons. The number of hydrogen-bond donors (Lipinski definition) is 1. The molecule has 2 rings (SSSR count). The molecule has 1 amide bonds. The molecule has 110 valence electrons. The van der Waals surface area contributed by atoms with Gasteiger partial charge in [-0.3, -0.25) is 4.79 Å². The molecule has 0 N–H and O–H groups in total. The van der Waals surface area contributed by atoms with Crippen molar-refractivity contribution in [2.45, 2.75) is 6.42 Å². The second-order valence-electron chi connectivity index (χ2n) is 4.95. The Morgan fingerprint density at radius 1 is 1.35 bits per heavy atom. The maximum absolute atomic E-state index is 11.8. The predicted octanol–water partition coefficient (Wildman–Crippen LogP) is 0.511. The smallest absolute Gasteiger partial charge is 0.226 e. The third-order valence-corrected chi connectivity index (χ3v) is 3.53. The van der Waals surface area contributed by atoms with Crippen molar-refractivity contribution in [2.75, 3.05) is 55.8 Å². The fourth-order valence-electron chi connectivity index (χ4n) is 2.17. The van der Waals surface area contributed by atoms with Gasteiger partial charge in [0.25, 0.3) is 0 Å². The fourth-order valence-corrected chi connectivity index (χ4v) is 2.36. The van der Waals surface area contributed by atoms with Crippen molar-refractivity contribution in [3.63, 3.8) is 0 Å². The number of piperazine rings is 1. The van der Waals surface area contributed by atoms with Crippen LogP contribution < -0.4 is 9.80 Å². The zero-order valence-corrected chi connectivity index (χ0v) is 12.9.